The molecule has 0 unspecified atom stereocenters. The van der Waals surface area contributed by atoms with Gasteiger partial charge in [0.1, 0.15) is 5.76 Å². The van der Waals surface area contributed by atoms with Gasteiger partial charge in [-0.25, -0.2) is 4.79 Å². The number of aliphatic carboxylic acids is 1. The minimum absolute atomic E-state index is 0.0614. The number of ether oxygens (including phenoxy) is 1. The third kappa shape index (κ3) is 6.34. The molecule has 2 aromatic rings. The number of carbonyl (C=O) groups is 2. The van der Waals surface area contributed by atoms with Crippen LogP contribution in [0.25, 0.3) is 0 Å². The number of alkyl halides is 3. The van der Waals surface area contributed by atoms with Gasteiger partial charge in [0.25, 0.3) is 0 Å². The van der Waals surface area contributed by atoms with Gasteiger partial charge < -0.3 is 24.0 Å². The van der Waals surface area contributed by atoms with Gasteiger partial charge in [-0.3, -0.25) is 9.69 Å². The monoisotopic (exact) mass is 444 g/mol. The quantitative estimate of drug-likeness (QED) is 0.730. The third-order valence-electron chi connectivity index (χ3n) is 5.30. The van der Waals surface area contributed by atoms with Crippen LogP contribution in [0, 0.1) is 17.8 Å². The van der Waals surface area contributed by atoms with Crippen molar-refractivity contribution >= 4 is 11.9 Å². The summed E-state index contributed by atoms with van der Waals surface area (Å²) in [6, 6.07) is 5.68. The molecule has 2 N–H and O–H groups in total. The number of likely N-dealkylation sites (tertiary alicyclic amines) is 1. The van der Waals surface area contributed by atoms with Crippen molar-refractivity contribution in [1.82, 2.24) is 10.2 Å². The first-order valence-electron chi connectivity index (χ1n) is 9.65. The number of furan rings is 2. The van der Waals surface area contributed by atoms with Gasteiger partial charge >= 0.3 is 12.1 Å². The number of hydrogen-bond acceptors (Lipinski definition) is 6. The van der Waals surface area contributed by atoms with Crippen LogP contribution in [0.3, 0.4) is 0 Å². The molecule has 0 aromatic carbocycles. The molecule has 11 heteroatoms. The van der Waals surface area contributed by atoms with Crippen LogP contribution in [0.4, 0.5) is 13.2 Å². The molecular formula is C20H23F3N2O6. The summed E-state index contributed by atoms with van der Waals surface area (Å²) < 4.78 is 47.9. The van der Waals surface area contributed by atoms with E-state index in [1.54, 1.807) is 18.8 Å². The fourth-order valence-electron chi connectivity index (χ4n) is 3.85. The molecule has 0 spiro atoms. The summed E-state index contributed by atoms with van der Waals surface area (Å²) in [5.41, 5.74) is 1.17. The maximum absolute atomic E-state index is 12.6. The first-order valence-corrected chi connectivity index (χ1v) is 9.65. The van der Waals surface area contributed by atoms with Gasteiger partial charge in [-0.15, -0.1) is 0 Å². The zero-order chi connectivity index (χ0) is 22.4. The molecule has 8 nitrogen and oxygen atoms in total. The second-order valence-corrected chi connectivity index (χ2v) is 7.49. The number of hydrogen-bond donors (Lipinski definition) is 2. The van der Waals surface area contributed by atoms with Crippen LogP contribution < -0.4 is 5.32 Å². The highest BCUT2D eigenvalue weighted by Gasteiger charge is 2.43. The van der Waals surface area contributed by atoms with Crippen LogP contribution in [0.15, 0.2) is 45.8 Å². The Morgan fingerprint density at radius 3 is 2.58 bits per heavy atom. The van der Waals surface area contributed by atoms with Crippen molar-refractivity contribution in [2.45, 2.75) is 19.3 Å². The molecular weight excluding hydrogens is 421 g/mol. The zero-order valence-electron chi connectivity index (χ0n) is 16.5. The first-order chi connectivity index (χ1) is 14.7. The van der Waals surface area contributed by atoms with Crippen LogP contribution in [0.1, 0.15) is 11.3 Å². The van der Waals surface area contributed by atoms with Gasteiger partial charge in [0.05, 0.1) is 44.5 Å². The maximum Gasteiger partial charge on any atom is 0.490 e. The van der Waals surface area contributed by atoms with E-state index in [2.05, 4.69) is 10.2 Å². The van der Waals surface area contributed by atoms with E-state index in [4.69, 9.17) is 23.5 Å². The van der Waals surface area contributed by atoms with E-state index < -0.39 is 12.1 Å². The summed E-state index contributed by atoms with van der Waals surface area (Å²) in [4.78, 5) is 23.9. The predicted octanol–water partition coefficient (Wildman–Crippen LogP) is 2.52. The minimum Gasteiger partial charge on any atom is -0.475 e. The molecule has 170 valence electrons. The average molecular weight is 444 g/mol. The lowest BCUT2D eigenvalue weighted by molar-refractivity contribution is -0.192. The normalized spacial score (nSPS) is 23.5. The molecule has 0 aliphatic carbocycles. The number of nitrogens with zero attached hydrogens (tertiary/aromatic N) is 1. The molecule has 3 atom stereocenters. The summed E-state index contributed by atoms with van der Waals surface area (Å²) >= 11 is 0. The minimum atomic E-state index is -5.08. The summed E-state index contributed by atoms with van der Waals surface area (Å²) in [6.45, 7) is 4.44. The van der Waals surface area contributed by atoms with Crippen molar-refractivity contribution in [1.29, 1.82) is 0 Å². The van der Waals surface area contributed by atoms with Crippen molar-refractivity contribution in [2.75, 3.05) is 26.3 Å². The number of carboxylic acids is 1. The van der Waals surface area contributed by atoms with Crippen molar-refractivity contribution in [2.24, 2.45) is 17.8 Å². The maximum atomic E-state index is 12.6. The molecule has 0 radical (unpaired) electrons. The van der Waals surface area contributed by atoms with E-state index in [0.717, 1.165) is 32.0 Å². The summed E-state index contributed by atoms with van der Waals surface area (Å²) in [7, 11) is 0. The molecule has 2 fully saturated rings. The molecule has 4 heterocycles. The van der Waals surface area contributed by atoms with E-state index in [1.807, 2.05) is 18.2 Å². The Kier molecular flexibility index (Phi) is 7.39. The third-order valence-corrected chi connectivity index (χ3v) is 5.30. The van der Waals surface area contributed by atoms with Crippen molar-refractivity contribution < 1.29 is 41.4 Å². The van der Waals surface area contributed by atoms with E-state index in [9.17, 15) is 18.0 Å². The van der Waals surface area contributed by atoms with Crippen molar-refractivity contribution in [3.63, 3.8) is 0 Å². The Bertz CT molecular complexity index is 838. The fraction of sp³-hybridized carbons (Fsp3) is 0.500. The molecule has 2 aliphatic heterocycles. The smallest absolute Gasteiger partial charge is 0.475 e. The van der Waals surface area contributed by atoms with Crippen LogP contribution in [0.5, 0.6) is 0 Å². The molecule has 2 saturated heterocycles. The lowest BCUT2D eigenvalue weighted by Crippen LogP contribution is -2.44. The molecule has 31 heavy (non-hydrogen) atoms. The molecule has 0 saturated carbocycles. The topological polar surface area (TPSA) is 105 Å². The molecule has 1 amide bonds. The van der Waals surface area contributed by atoms with Gasteiger partial charge in [-0.1, -0.05) is 0 Å². The molecule has 4 rings (SSSR count). The van der Waals surface area contributed by atoms with Gasteiger partial charge in [0, 0.05) is 25.2 Å². The second kappa shape index (κ2) is 10.0. The Balaban J connectivity index is 0.000000339. The Hall–Kier alpha value is -2.79. The number of amides is 1. The first kappa shape index (κ1) is 22.9. The molecule has 0 bridgehead atoms. The van der Waals surface area contributed by atoms with E-state index in [1.165, 1.54) is 5.56 Å². The standard InChI is InChI=1S/C18H22N2O4.C2HF3O2/c21-18(19-6-15-2-1-4-24-15)17-12-23-11-14-8-20(9-16(14)17)7-13-3-5-22-10-13;3-2(4,5)1(6)7/h1-5,10,14,16-17H,6-9,11-12H2,(H,19,21);(H,6,7)/t14-,16-,17-;/m1./s1. The molecule has 2 aliphatic rings. The number of nitrogens with one attached hydrogen (secondary N) is 1. The van der Waals surface area contributed by atoms with Gasteiger partial charge in [0.15, 0.2) is 0 Å². The van der Waals surface area contributed by atoms with Gasteiger partial charge in [0.2, 0.25) is 5.91 Å². The zero-order valence-corrected chi connectivity index (χ0v) is 16.5. The number of halogens is 3. The van der Waals surface area contributed by atoms with Crippen molar-refractivity contribution in [3.05, 3.63) is 48.3 Å². The summed E-state index contributed by atoms with van der Waals surface area (Å²) in [5, 5.41) is 10.1. The van der Waals surface area contributed by atoms with Gasteiger partial charge in [-0.2, -0.15) is 13.2 Å². The highest BCUT2D eigenvalue weighted by Crippen LogP contribution is 2.35. The fourth-order valence-corrected chi connectivity index (χ4v) is 3.85. The Morgan fingerprint density at radius 2 is 1.97 bits per heavy atom. The lowest BCUT2D eigenvalue weighted by atomic mass is 9.82. The van der Waals surface area contributed by atoms with E-state index in [-0.39, 0.29) is 11.8 Å². The van der Waals surface area contributed by atoms with Gasteiger partial charge in [-0.05, 0) is 30.0 Å². The lowest BCUT2D eigenvalue weighted by Gasteiger charge is -2.31. The second-order valence-electron chi connectivity index (χ2n) is 7.49. The predicted molar refractivity (Wildman–Crippen MR) is 99.5 cm³/mol. The van der Waals surface area contributed by atoms with Crippen LogP contribution in [0.2, 0.25) is 0 Å². The SMILES string of the molecule is O=C(NCc1ccco1)[C@@H]1COC[C@H]2CN(Cc3ccoc3)C[C@H]21.O=C(O)C(F)(F)F. The number of carbonyl (C=O) groups excluding carboxylic acids is 1. The highest BCUT2D eigenvalue weighted by molar-refractivity contribution is 5.79. The molecule has 2 aromatic heterocycles. The van der Waals surface area contributed by atoms with E-state index in [0.29, 0.717) is 25.0 Å². The number of fused-ring (bicyclic) bond motifs is 1. The van der Waals surface area contributed by atoms with Crippen molar-refractivity contribution in [3.8, 4) is 0 Å². The number of carboxylic acid groups (broad SMARTS) is 1. The highest BCUT2D eigenvalue weighted by atomic mass is 19.4. The average Bonchev–Trinajstić information content (AvgIpc) is 3.47. The summed E-state index contributed by atoms with van der Waals surface area (Å²) in [5.74, 6) is -1.25. The van der Waals surface area contributed by atoms with Crippen LogP contribution in [-0.2, 0) is 27.4 Å². The Labute approximate surface area is 175 Å². The largest absolute Gasteiger partial charge is 0.490 e. The van der Waals surface area contributed by atoms with Crippen LogP contribution in [-0.4, -0.2) is 54.4 Å². The number of rotatable bonds is 5. The van der Waals surface area contributed by atoms with E-state index >= 15 is 0 Å². The summed E-state index contributed by atoms with van der Waals surface area (Å²) in [6.07, 6.45) is 0.0183. The van der Waals surface area contributed by atoms with Crippen LogP contribution >= 0.6 is 0 Å². The Morgan fingerprint density at radius 1 is 1.19 bits per heavy atom.